The molecule has 0 aromatic heterocycles. The second kappa shape index (κ2) is 11.1. The van der Waals surface area contributed by atoms with Gasteiger partial charge >= 0.3 is 0 Å². The Balaban J connectivity index is 1.46. The first kappa shape index (κ1) is 23.7. The average molecular weight is 476 g/mol. The lowest BCUT2D eigenvalue weighted by Gasteiger charge is -2.29. The van der Waals surface area contributed by atoms with E-state index in [0.29, 0.717) is 17.9 Å². The van der Waals surface area contributed by atoms with Crippen molar-refractivity contribution in [2.45, 2.75) is 17.8 Å². The average Bonchev–Trinajstić information content (AvgIpc) is 3.27. The Bertz CT molecular complexity index is 987. The normalized spacial score (nSPS) is 21.2. The van der Waals surface area contributed by atoms with Crippen molar-refractivity contribution >= 4 is 23.6 Å². The lowest BCUT2D eigenvalue weighted by atomic mass is 10.1. The van der Waals surface area contributed by atoms with Crippen LogP contribution in [-0.2, 0) is 9.53 Å². The summed E-state index contributed by atoms with van der Waals surface area (Å²) in [6, 6.07) is 10.7. The topological polar surface area (TPSA) is 61.9 Å². The third-order valence-corrected chi connectivity index (χ3v) is 7.12. The zero-order chi connectivity index (χ0) is 23.2. The third-order valence-electron chi connectivity index (χ3n) is 5.80. The Morgan fingerprint density at radius 2 is 1.79 bits per heavy atom. The first-order valence-corrected chi connectivity index (χ1v) is 12.1. The molecule has 2 amide bonds. The minimum absolute atomic E-state index is 0.157. The van der Waals surface area contributed by atoms with E-state index in [2.05, 4.69) is 10.2 Å². The third kappa shape index (κ3) is 5.90. The van der Waals surface area contributed by atoms with Crippen molar-refractivity contribution < 1.29 is 23.1 Å². The highest BCUT2D eigenvalue weighted by Crippen LogP contribution is 2.42. The van der Waals surface area contributed by atoms with Crippen LogP contribution in [0.25, 0.3) is 0 Å². The van der Waals surface area contributed by atoms with Crippen LogP contribution in [-0.4, -0.2) is 72.8 Å². The second-order valence-electron chi connectivity index (χ2n) is 8.08. The highest BCUT2D eigenvalue weighted by atomic mass is 32.2. The van der Waals surface area contributed by atoms with Crippen LogP contribution in [0.1, 0.15) is 27.7 Å². The number of amides is 2. The molecule has 0 radical (unpaired) electrons. The zero-order valence-electron chi connectivity index (χ0n) is 18.2. The van der Waals surface area contributed by atoms with E-state index >= 15 is 0 Å². The number of rotatable bonds is 7. The number of hydrogen-bond donors (Lipinski definition) is 1. The maximum Gasteiger partial charge on any atom is 0.255 e. The number of carbonyl (C=O) groups is 2. The molecule has 1 N–H and O–H groups in total. The quantitative estimate of drug-likeness (QED) is 0.624. The van der Waals surface area contributed by atoms with E-state index in [4.69, 9.17) is 4.74 Å². The number of nitrogens with one attached hydrogen (secondary N) is 1. The molecule has 0 spiro atoms. The van der Waals surface area contributed by atoms with Gasteiger partial charge in [-0.1, -0.05) is 18.2 Å². The molecule has 2 saturated heterocycles. The lowest BCUT2D eigenvalue weighted by molar-refractivity contribution is -0.124. The van der Waals surface area contributed by atoms with E-state index in [9.17, 15) is 18.4 Å². The molecule has 4 rings (SSSR count). The van der Waals surface area contributed by atoms with Gasteiger partial charge in [0.05, 0.1) is 13.2 Å². The first-order valence-electron chi connectivity index (χ1n) is 11.1. The molecule has 176 valence electrons. The van der Waals surface area contributed by atoms with Crippen LogP contribution in [0.5, 0.6) is 0 Å². The van der Waals surface area contributed by atoms with Crippen LogP contribution in [0.4, 0.5) is 8.78 Å². The summed E-state index contributed by atoms with van der Waals surface area (Å²) in [5.74, 6) is -1.28. The molecule has 2 aliphatic rings. The van der Waals surface area contributed by atoms with Crippen LogP contribution >= 0.6 is 11.8 Å². The molecule has 6 nitrogen and oxygen atoms in total. The molecule has 2 aromatic rings. The lowest BCUT2D eigenvalue weighted by Crippen LogP contribution is -2.48. The van der Waals surface area contributed by atoms with Gasteiger partial charge in [-0.25, -0.2) is 8.78 Å². The Morgan fingerprint density at radius 3 is 2.52 bits per heavy atom. The van der Waals surface area contributed by atoms with E-state index < -0.39 is 29.0 Å². The fourth-order valence-electron chi connectivity index (χ4n) is 4.10. The number of hydrogen-bond acceptors (Lipinski definition) is 5. The number of carbonyl (C=O) groups excluding carboxylic acids is 2. The van der Waals surface area contributed by atoms with E-state index in [1.165, 1.54) is 47.0 Å². The molecule has 2 fully saturated rings. The van der Waals surface area contributed by atoms with Crippen molar-refractivity contribution in [3.63, 3.8) is 0 Å². The van der Waals surface area contributed by atoms with Gasteiger partial charge in [-0.2, -0.15) is 0 Å². The van der Waals surface area contributed by atoms with Gasteiger partial charge in [-0.3, -0.25) is 14.5 Å². The van der Waals surface area contributed by atoms with Crippen molar-refractivity contribution in [3.8, 4) is 0 Å². The van der Waals surface area contributed by atoms with Crippen molar-refractivity contribution in [2.24, 2.45) is 0 Å². The van der Waals surface area contributed by atoms with E-state index in [1.807, 2.05) is 0 Å². The molecule has 33 heavy (non-hydrogen) atoms. The molecule has 2 aliphatic heterocycles. The van der Waals surface area contributed by atoms with Gasteiger partial charge < -0.3 is 15.0 Å². The molecule has 2 atom stereocenters. The van der Waals surface area contributed by atoms with Crippen molar-refractivity contribution in [1.29, 1.82) is 0 Å². The van der Waals surface area contributed by atoms with Gasteiger partial charge in [0.1, 0.15) is 23.1 Å². The summed E-state index contributed by atoms with van der Waals surface area (Å²) < 4.78 is 33.0. The first-order chi connectivity index (χ1) is 16.0. The maximum absolute atomic E-state index is 13.9. The summed E-state index contributed by atoms with van der Waals surface area (Å²) >= 11 is 1.40. The van der Waals surface area contributed by atoms with Crippen LogP contribution in [0.2, 0.25) is 0 Å². The van der Waals surface area contributed by atoms with E-state index in [1.54, 1.807) is 12.1 Å². The van der Waals surface area contributed by atoms with Gasteiger partial charge in [0.15, 0.2) is 0 Å². The minimum atomic E-state index is -0.734. The molecule has 0 bridgehead atoms. The summed E-state index contributed by atoms with van der Waals surface area (Å²) in [6.07, 6.45) is 0.788. The zero-order valence-corrected chi connectivity index (χ0v) is 19.0. The molecule has 2 aromatic carbocycles. The number of benzene rings is 2. The number of thioether (sulfide) groups is 1. The molecular weight excluding hydrogens is 448 g/mol. The molecule has 2 heterocycles. The highest BCUT2D eigenvalue weighted by Gasteiger charge is 2.42. The SMILES string of the molecule is O=C(NCCCN1CCOCC1)C1CSC(c2cccc(F)c2)N1C(=O)c1cccc(F)c1. The predicted octanol–water partition coefficient (Wildman–Crippen LogP) is 3.06. The predicted molar refractivity (Wildman–Crippen MR) is 123 cm³/mol. The van der Waals surface area contributed by atoms with Gasteiger partial charge in [0, 0.05) is 31.0 Å². The molecule has 0 saturated carbocycles. The van der Waals surface area contributed by atoms with Crippen molar-refractivity contribution in [1.82, 2.24) is 15.1 Å². The smallest absolute Gasteiger partial charge is 0.255 e. The summed E-state index contributed by atoms with van der Waals surface area (Å²) in [5.41, 5.74) is 0.747. The van der Waals surface area contributed by atoms with Crippen molar-refractivity contribution in [2.75, 3.05) is 45.1 Å². The maximum atomic E-state index is 13.9. The summed E-state index contributed by atoms with van der Waals surface area (Å²) in [5, 5.41) is 2.40. The highest BCUT2D eigenvalue weighted by molar-refractivity contribution is 7.99. The van der Waals surface area contributed by atoms with E-state index in [-0.39, 0.29) is 11.5 Å². The second-order valence-corrected chi connectivity index (χ2v) is 9.19. The van der Waals surface area contributed by atoms with Gasteiger partial charge in [0.2, 0.25) is 5.91 Å². The van der Waals surface area contributed by atoms with Crippen LogP contribution in [0, 0.1) is 11.6 Å². The Hall–Kier alpha value is -2.49. The van der Waals surface area contributed by atoms with Crippen LogP contribution in [0.15, 0.2) is 48.5 Å². The largest absolute Gasteiger partial charge is 0.379 e. The number of nitrogens with zero attached hydrogens (tertiary/aromatic N) is 2. The molecule has 9 heteroatoms. The fraction of sp³-hybridized carbons (Fsp3) is 0.417. The minimum Gasteiger partial charge on any atom is -0.379 e. The summed E-state index contributed by atoms with van der Waals surface area (Å²) in [4.78, 5) is 30.2. The fourth-order valence-corrected chi connectivity index (χ4v) is 5.52. The van der Waals surface area contributed by atoms with Crippen LogP contribution in [0.3, 0.4) is 0 Å². The summed E-state index contributed by atoms with van der Waals surface area (Å²) in [7, 11) is 0. The van der Waals surface area contributed by atoms with Gasteiger partial charge in [-0.15, -0.1) is 11.8 Å². The summed E-state index contributed by atoms with van der Waals surface area (Å²) in [6.45, 7) is 4.58. The van der Waals surface area contributed by atoms with Crippen LogP contribution < -0.4 is 5.32 Å². The van der Waals surface area contributed by atoms with Gasteiger partial charge in [0.25, 0.3) is 5.91 Å². The Morgan fingerprint density at radius 1 is 1.06 bits per heavy atom. The monoisotopic (exact) mass is 475 g/mol. The van der Waals surface area contributed by atoms with Gasteiger partial charge in [-0.05, 0) is 48.9 Å². The molecule has 0 aliphatic carbocycles. The Kier molecular flexibility index (Phi) is 7.95. The number of ether oxygens (including phenoxy) is 1. The standard InChI is InChI=1S/C24H27F2N3O3S/c25-19-6-1-4-17(14-19)23(31)29-21(16-33-24(29)18-5-2-7-20(26)15-18)22(30)27-8-3-9-28-10-12-32-13-11-28/h1-2,4-7,14-15,21,24H,3,8-13,16H2,(H,27,30). The molecular formula is C24H27F2N3O3S. The number of halogens is 2. The molecule has 2 unspecified atom stereocenters. The van der Waals surface area contributed by atoms with Crippen molar-refractivity contribution in [3.05, 3.63) is 71.3 Å². The van der Waals surface area contributed by atoms with E-state index in [0.717, 1.165) is 45.3 Å². The number of morpholine rings is 1. The Labute approximate surface area is 196 Å².